The van der Waals surface area contributed by atoms with Crippen molar-refractivity contribution in [2.24, 2.45) is 0 Å². The zero-order valence-electron chi connectivity index (χ0n) is 23.1. The topological polar surface area (TPSA) is 85.2 Å². The first kappa shape index (κ1) is 30.0. The van der Waals surface area contributed by atoms with Gasteiger partial charge in [0, 0.05) is 40.0 Å². The van der Waals surface area contributed by atoms with E-state index in [4.69, 9.17) is 13.7 Å². The summed E-state index contributed by atoms with van der Waals surface area (Å²) in [5, 5.41) is 20.3. The number of carboxylic acids is 1. The third-order valence-corrected chi connectivity index (χ3v) is 7.30. The summed E-state index contributed by atoms with van der Waals surface area (Å²) in [7, 11) is 0. The van der Waals surface area contributed by atoms with E-state index in [0.717, 1.165) is 28.9 Å². The highest BCUT2D eigenvalue weighted by molar-refractivity contribution is 7.94. The molecule has 4 aromatic rings. The Morgan fingerprint density at radius 1 is 0.854 bits per heavy atom. The average molecular weight is 577 g/mol. The fraction of sp³-hybridized carbons (Fsp3) is 0.242. The Morgan fingerprint density at radius 2 is 1.61 bits per heavy atom. The number of carboxylic acid groups (broad SMARTS) is 1. The van der Waals surface area contributed by atoms with Crippen LogP contribution in [-0.2, 0) is 17.0 Å². The molecule has 41 heavy (non-hydrogen) atoms. The van der Waals surface area contributed by atoms with E-state index in [1.807, 2.05) is 31.2 Å². The van der Waals surface area contributed by atoms with Crippen LogP contribution in [0.25, 0.3) is 11.1 Å². The lowest BCUT2D eigenvalue weighted by Crippen LogP contribution is -2.04. The largest absolute Gasteiger partial charge is 0.507 e. The van der Waals surface area contributed by atoms with Crippen LogP contribution in [0.3, 0.4) is 0 Å². The molecule has 214 valence electrons. The lowest BCUT2D eigenvalue weighted by atomic mass is 9.99. The van der Waals surface area contributed by atoms with Gasteiger partial charge in [-0.2, -0.15) is 0 Å². The Bertz CT molecular complexity index is 1470. The van der Waals surface area contributed by atoms with Crippen LogP contribution in [0.2, 0.25) is 0 Å². The zero-order chi connectivity index (χ0) is 29.2. The fourth-order valence-electron chi connectivity index (χ4n) is 4.43. The minimum absolute atomic E-state index is 0.105. The number of hydrogen-bond acceptors (Lipinski definition) is 6. The summed E-state index contributed by atoms with van der Waals surface area (Å²) in [6.45, 7) is 4.86. The molecular formula is C33H33FO6S. The molecule has 0 radical (unpaired) electrons. The van der Waals surface area contributed by atoms with Gasteiger partial charge in [-0.3, -0.25) is 0 Å². The number of benzene rings is 4. The average Bonchev–Trinajstić information content (AvgIpc) is 2.97. The first-order chi connectivity index (χ1) is 19.9. The summed E-state index contributed by atoms with van der Waals surface area (Å²) in [5.74, 6) is 0.279. The first-order valence-corrected chi connectivity index (χ1v) is 14.3. The van der Waals surface area contributed by atoms with Crippen molar-refractivity contribution in [3.8, 4) is 34.1 Å². The van der Waals surface area contributed by atoms with E-state index in [9.17, 15) is 19.4 Å². The quantitative estimate of drug-likeness (QED) is 0.115. The Kier molecular flexibility index (Phi) is 10.6. The van der Waals surface area contributed by atoms with Gasteiger partial charge in [-0.05, 0) is 66.9 Å². The van der Waals surface area contributed by atoms with Crippen molar-refractivity contribution in [2.45, 2.75) is 44.4 Å². The summed E-state index contributed by atoms with van der Waals surface area (Å²) >= 11 is 1.26. The van der Waals surface area contributed by atoms with Gasteiger partial charge < -0.3 is 23.9 Å². The van der Waals surface area contributed by atoms with Gasteiger partial charge in [0.05, 0.1) is 13.2 Å². The molecule has 0 heterocycles. The molecule has 4 rings (SSSR count). The summed E-state index contributed by atoms with van der Waals surface area (Å²) in [5.41, 5.74) is 3.13. The van der Waals surface area contributed by atoms with E-state index in [2.05, 4.69) is 6.92 Å². The van der Waals surface area contributed by atoms with E-state index in [1.54, 1.807) is 36.4 Å². The molecule has 0 saturated heterocycles. The Hall–Kier alpha value is -4.01. The molecule has 0 aromatic heterocycles. The maximum Gasteiger partial charge on any atom is 0.339 e. The number of phenols is 1. The molecule has 0 fully saturated rings. The van der Waals surface area contributed by atoms with Crippen molar-refractivity contribution >= 4 is 18.0 Å². The van der Waals surface area contributed by atoms with Crippen LogP contribution < -0.4 is 9.47 Å². The predicted molar refractivity (Wildman–Crippen MR) is 159 cm³/mol. The monoisotopic (exact) mass is 576 g/mol. The van der Waals surface area contributed by atoms with Gasteiger partial charge in [-0.15, -0.1) is 0 Å². The van der Waals surface area contributed by atoms with Gasteiger partial charge in [-0.1, -0.05) is 50.6 Å². The summed E-state index contributed by atoms with van der Waals surface area (Å²) in [4.78, 5) is 12.5. The maximum atomic E-state index is 13.3. The van der Waals surface area contributed by atoms with Crippen molar-refractivity contribution in [3.63, 3.8) is 0 Å². The van der Waals surface area contributed by atoms with Crippen molar-refractivity contribution < 1.29 is 33.1 Å². The molecule has 0 amide bonds. The highest BCUT2D eigenvalue weighted by Gasteiger charge is 2.16. The molecule has 0 aliphatic carbocycles. The predicted octanol–water partition coefficient (Wildman–Crippen LogP) is 8.70. The molecule has 0 aliphatic rings. The normalized spacial score (nSPS) is 10.9. The number of aromatic hydroxyl groups is 1. The SMILES string of the molecule is CCCc1c(Oc2ccccc2C(=O)O)cccc1SOCCCOc1ccc(-c2ccc(F)cc2)c(O)c1CC. The van der Waals surface area contributed by atoms with Crippen LogP contribution in [0.1, 0.15) is 48.2 Å². The lowest BCUT2D eigenvalue weighted by molar-refractivity contribution is 0.0694. The van der Waals surface area contributed by atoms with Crippen LogP contribution in [0.5, 0.6) is 23.0 Å². The minimum atomic E-state index is -1.04. The number of rotatable bonds is 14. The molecule has 6 nitrogen and oxygen atoms in total. The number of para-hydroxylation sites is 1. The summed E-state index contributed by atoms with van der Waals surface area (Å²) in [6.07, 6.45) is 2.84. The highest BCUT2D eigenvalue weighted by Crippen LogP contribution is 2.38. The minimum Gasteiger partial charge on any atom is -0.507 e. The molecule has 2 N–H and O–H groups in total. The second-order valence-corrected chi connectivity index (χ2v) is 10.1. The Labute approximate surface area is 243 Å². The van der Waals surface area contributed by atoms with Crippen molar-refractivity contribution in [1.29, 1.82) is 0 Å². The maximum absolute atomic E-state index is 13.3. The third kappa shape index (κ3) is 7.60. The third-order valence-electron chi connectivity index (χ3n) is 6.45. The van der Waals surface area contributed by atoms with Gasteiger partial charge in [0.1, 0.15) is 34.4 Å². The summed E-state index contributed by atoms with van der Waals surface area (Å²) in [6, 6.07) is 21.9. The first-order valence-electron chi connectivity index (χ1n) is 13.6. The van der Waals surface area contributed by atoms with Crippen LogP contribution in [0.4, 0.5) is 4.39 Å². The fourth-order valence-corrected chi connectivity index (χ4v) is 5.19. The van der Waals surface area contributed by atoms with E-state index in [0.29, 0.717) is 54.4 Å². The second-order valence-electron chi connectivity index (χ2n) is 9.29. The van der Waals surface area contributed by atoms with Crippen LogP contribution >= 0.6 is 12.0 Å². The molecule has 4 aromatic carbocycles. The molecule has 8 heteroatoms. The van der Waals surface area contributed by atoms with Crippen LogP contribution in [0, 0.1) is 5.82 Å². The van der Waals surface area contributed by atoms with E-state index < -0.39 is 5.97 Å². The van der Waals surface area contributed by atoms with Crippen molar-refractivity contribution in [3.05, 3.63) is 101 Å². The second kappa shape index (κ2) is 14.6. The van der Waals surface area contributed by atoms with Gasteiger partial charge in [0.25, 0.3) is 0 Å². The van der Waals surface area contributed by atoms with E-state index in [-0.39, 0.29) is 17.1 Å². The molecule has 0 saturated carbocycles. The zero-order valence-corrected chi connectivity index (χ0v) is 23.9. The standard InChI is InChI=1S/C33H33FO6S/c1-3-9-26-29(40-30-11-6-5-10-27(30)33(36)37)12-7-13-31(26)41-39-21-8-20-38-28-19-18-25(32(35)24(28)4-2)22-14-16-23(34)17-15-22/h5-7,10-19,35H,3-4,8-9,20-21H2,1-2H3,(H,36,37). The number of carbonyl (C=O) groups is 1. The molecular weight excluding hydrogens is 543 g/mol. The molecule has 0 atom stereocenters. The Balaban J connectivity index is 1.34. The van der Waals surface area contributed by atoms with Gasteiger partial charge in [-0.25, -0.2) is 9.18 Å². The summed E-state index contributed by atoms with van der Waals surface area (Å²) < 4.78 is 31.2. The number of aromatic carboxylic acids is 1. The number of hydrogen-bond donors (Lipinski definition) is 2. The van der Waals surface area contributed by atoms with E-state index in [1.165, 1.54) is 30.2 Å². The number of halogens is 1. The van der Waals surface area contributed by atoms with Crippen LogP contribution in [0.15, 0.2) is 83.8 Å². The van der Waals surface area contributed by atoms with E-state index >= 15 is 0 Å². The van der Waals surface area contributed by atoms with Gasteiger partial charge in [0.15, 0.2) is 0 Å². The molecule has 0 spiro atoms. The number of ether oxygens (including phenoxy) is 2. The molecule has 0 aliphatic heterocycles. The highest BCUT2D eigenvalue weighted by atomic mass is 32.2. The van der Waals surface area contributed by atoms with Gasteiger partial charge >= 0.3 is 5.97 Å². The number of phenolic OH excluding ortho intramolecular Hbond substituents is 1. The lowest BCUT2D eigenvalue weighted by Gasteiger charge is -2.16. The van der Waals surface area contributed by atoms with Gasteiger partial charge in [0.2, 0.25) is 0 Å². The van der Waals surface area contributed by atoms with Crippen molar-refractivity contribution in [1.82, 2.24) is 0 Å². The molecule has 0 unspecified atom stereocenters. The van der Waals surface area contributed by atoms with Crippen LogP contribution in [-0.4, -0.2) is 29.4 Å². The Morgan fingerprint density at radius 3 is 2.34 bits per heavy atom. The molecule has 0 bridgehead atoms. The smallest absolute Gasteiger partial charge is 0.339 e. The van der Waals surface area contributed by atoms with Crippen molar-refractivity contribution in [2.75, 3.05) is 13.2 Å².